The van der Waals surface area contributed by atoms with E-state index >= 15 is 0 Å². The number of hydrogen-bond donors (Lipinski definition) is 1. The molecule has 0 bridgehead atoms. The average molecular weight is 259 g/mol. The molecule has 19 heavy (non-hydrogen) atoms. The van der Waals surface area contributed by atoms with Crippen LogP contribution < -0.4 is 5.01 Å². The van der Waals surface area contributed by atoms with Crippen LogP contribution in [-0.4, -0.2) is 21.5 Å². The quantitative estimate of drug-likeness (QED) is 0.515. The van der Waals surface area contributed by atoms with Crippen LogP contribution in [0.3, 0.4) is 0 Å². The van der Waals surface area contributed by atoms with Crippen molar-refractivity contribution in [1.82, 2.24) is 9.97 Å². The third-order valence-electron chi connectivity index (χ3n) is 3.20. The fraction of sp³-hybridized carbons (Fsp3) is 0.571. The molecule has 1 aliphatic carbocycles. The Bertz CT molecular complexity index is 513. The van der Waals surface area contributed by atoms with Gasteiger partial charge in [0.25, 0.3) is 0 Å². The van der Waals surface area contributed by atoms with Crippen LogP contribution in [0, 0.1) is 12.3 Å². The highest BCUT2D eigenvalue weighted by molar-refractivity contribution is 5.95. The van der Waals surface area contributed by atoms with Crippen LogP contribution in [-0.2, 0) is 0 Å². The second kappa shape index (κ2) is 5.47. The molecule has 0 amide bonds. The first-order valence-electron chi connectivity index (χ1n) is 6.70. The molecule has 0 spiro atoms. The summed E-state index contributed by atoms with van der Waals surface area (Å²) >= 11 is 0. The van der Waals surface area contributed by atoms with E-state index in [4.69, 9.17) is 5.41 Å². The van der Waals surface area contributed by atoms with E-state index in [2.05, 4.69) is 15.1 Å². The predicted molar refractivity (Wildman–Crippen MR) is 78.0 cm³/mol. The second-order valence-electron chi connectivity index (χ2n) is 5.27. The van der Waals surface area contributed by atoms with Gasteiger partial charge in [-0.05, 0) is 40.5 Å². The van der Waals surface area contributed by atoms with Gasteiger partial charge in [-0.2, -0.15) is 5.10 Å². The van der Waals surface area contributed by atoms with Crippen LogP contribution in [0.1, 0.15) is 57.5 Å². The minimum atomic E-state index is 0.360. The van der Waals surface area contributed by atoms with Crippen molar-refractivity contribution in [2.75, 3.05) is 5.01 Å². The molecule has 2 rings (SSSR count). The zero-order valence-corrected chi connectivity index (χ0v) is 12.1. The number of anilines is 1. The number of rotatable bonds is 3. The fourth-order valence-electron chi connectivity index (χ4n) is 2.09. The lowest BCUT2D eigenvalue weighted by Crippen LogP contribution is -2.25. The van der Waals surface area contributed by atoms with E-state index < -0.39 is 0 Å². The highest BCUT2D eigenvalue weighted by atomic mass is 15.5. The molecule has 1 aromatic heterocycles. The normalized spacial score (nSPS) is 14.7. The number of aryl methyl sites for hydroxylation is 1. The molecule has 5 heteroatoms. The van der Waals surface area contributed by atoms with Gasteiger partial charge in [0.2, 0.25) is 0 Å². The number of hydrazone groups is 1. The third-order valence-corrected chi connectivity index (χ3v) is 3.20. The molecule has 5 nitrogen and oxygen atoms in total. The molecule has 102 valence electrons. The molecule has 1 aromatic rings. The van der Waals surface area contributed by atoms with E-state index in [1.165, 1.54) is 19.3 Å². The molecule has 1 aliphatic rings. The molecule has 0 atom stereocenters. The number of amidine groups is 1. The Balaban J connectivity index is 2.38. The van der Waals surface area contributed by atoms with Gasteiger partial charge in [-0.1, -0.05) is 6.42 Å². The highest BCUT2D eigenvalue weighted by Crippen LogP contribution is 2.36. The average Bonchev–Trinajstić information content (AvgIpc) is 2.21. The Hall–Kier alpha value is -1.78. The molecule has 1 fully saturated rings. The van der Waals surface area contributed by atoms with Crippen LogP contribution in [0.25, 0.3) is 0 Å². The minimum Gasteiger partial charge on any atom is -0.287 e. The van der Waals surface area contributed by atoms with Crippen LogP contribution >= 0.6 is 0 Å². The van der Waals surface area contributed by atoms with E-state index in [9.17, 15) is 0 Å². The molecule has 1 heterocycles. The van der Waals surface area contributed by atoms with Crippen molar-refractivity contribution in [3.8, 4) is 0 Å². The zero-order chi connectivity index (χ0) is 14.0. The lowest BCUT2D eigenvalue weighted by Gasteiger charge is -2.26. The maximum atomic E-state index is 7.85. The van der Waals surface area contributed by atoms with Gasteiger partial charge in [0.15, 0.2) is 5.82 Å². The first-order chi connectivity index (χ1) is 8.97. The summed E-state index contributed by atoms with van der Waals surface area (Å²) in [6.07, 6.45) is 3.69. The van der Waals surface area contributed by atoms with Crippen molar-refractivity contribution in [2.24, 2.45) is 5.10 Å². The summed E-state index contributed by atoms with van der Waals surface area (Å²) in [5.41, 5.74) is 1.98. The molecule has 1 saturated carbocycles. The summed E-state index contributed by atoms with van der Waals surface area (Å²) in [5.74, 6) is 2.36. The Morgan fingerprint density at radius 2 is 2.00 bits per heavy atom. The minimum absolute atomic E-state index is 0.360. The maximum absolute atomic E-state index is 7.85. The van der Waals surface area contributed by atoms with Crippen LogP contribution in [0.15, 0.2) is 11.2 Å². The first-order valence-corrected chi connectivity index (χ1v) is 6.70. The van der Waals surface area contributed by atoms with E-state index in [0.29, 0.717) is 17.6 Å². The van der Waals surface area contributed by atoms with Gasteiger partial charge in [-0.15, -0.1) is 0 Å². The van der Waals surface area contributed by atoms with Crippen molar-refractivity contribution >= 4 is 17.4 Å². The molecule has 0 saturated heterocycles. The van der Waals surface area contributed by atoms with Crippen LogP contribution in [0.4, 0.5) is 5.82 Å². The number of nitrogens with zero attached hydrogens (tertiary/aromatic N) is 4. The molecule has 0 aromatic carbocycles. The van der Waals surface area contributed by atoms with Crippen molar-refractivity contribution in [3.05, 3.63) is 17.6 Å². The Labute approximate surface area is 114 Å². The third kappa shape index (κ3) is 3.16. The number of nitrogens with one attached hydrogen (secondary N) is 1. The Morgan fingerprint density at radius 3 is 2.47 bits per heavy atom. The second-order valence-corrected chi connectivity index (χ2v) is 5.27. The summed E-state index contributed by atoms with van der Waals surface area (Å²) in [5, 5.41) is 13.8. The van der Waals surface area contributed by atoms with Gasteiger partial charge in [-0.3, -0.25) is 5.41 Å². The van der Waals surface area contributed by atoms with Crippen LogP contribution in [0.2, 0.25) is 0 Å². The van der Waals surface area contributed by atoms with Crippen molar-refractivity contribution < 1.29 is 0 Å². The lowest BCUT2D eigenvalue weighted by molar-refractivity contribution is 0.410. The van der Waals surface area contributed by atoms with E-state index in [1.807, 2.05) is 26.8 Å². The Morgan fingerprint density at radius 1 is 1.32 bits per heavy atom. The zero-order valence-electron chi connectivity index (χ0n) is 12.1. The van der Waals surface area contributed by atoms with Gasteiger partial charge >= 0.3 is 0 Å². The van der Waals surface area contributed by atoms with E-state index in [1.54, 1.807) is 11.9 Å². The molecular weight excluding hydrogens is 238 g/mol. The van der Waals surface area contributed by atoms with Crippen molar-refractivity contribution in [2.45, 2.75) is 52.9 Å². The van der Waals surface area contributed by atoms with Gasteiger partial charge in [0, 0.05) is 23.4 Å². The van der Waals surface area contributed by atoms with Gasteiger partial charge in [0.1, 0.15) is 11.7 Å². The summed E-state index contributed by atoms with van der Waals surface area (Å²) in [6.45, 7) is 7.44. The van der Waals surface area contributed by atoms with Gasteiger partial charge in [0.05, 0.1) is 0 Å². The molecule has 1 N–H and O–H groups in total. The molecule has 0 unspecified atom stereocenters. The summed E-state index contributed by atoms with van der Waals surface area (Å²) in [7, 11) is 0. The van der Waals surface area contributed by atoms with Crippen molar-refractivity contribution in [1.29, 1.82) is 5.41 Å². The number of hydrogen-bond acceptors (Lipinski definition) is 4. The topological polar surface area (TPSA) is 65.2 Å². The summed E-state index contributed by atoms with van der Waals surface area (Å²) in [4.78, 5) is 8.94. The molecule has 0 radical (unpaired) electrons. The van der Waals surface area contributed by atoms with Crippen LogP contribution in [0.5, 0.6) is 0 Å². The highest BCUT2D eigenvalue weighted by Gasteiger charge is 2.23. The standard InChI is InChI=1S/C14H21N5/c1-9(2)18-19(10(3)15)14-8-13(12-6-5-7-12)16-11(4)17-14/h8,12,15H,5-7H2,1-4H3. The fourth-order valence-corrected chi connectivity index (χ4v) is 2.09. The smallest absolute Gasteiger partial charge is 0.159 e. The summed E-state index contributed by atoms with van der Waals surface area (Å²) < 4.78 is 0. The predicted octanol–water partition coefficient (Wildman–Crippen LogP) is 3.25. The maximum Gasteiger partial charge on any atom is 0.159 e. The van der Waals surface area contributed by atoms with Crippen molar-refractivity contribution in [3.63, 3.8) is 0 Å². The van der Waals surface area contributed by atoms with E-state index in [0.717, 1.165) is 17.2 Å². The molecular formula is C14H21N5. The number of aromatic nitrogens is 2. The molecule has 0 aliphatic heterocycles. The Kier molecular flexibility index (Phi) is 3.93. The largest absolute Gasteiger partial charge is 0.287 e. The van der Waals surface area contributed by atoms with E-state index in [-0.39, 0.29) is 0 Å². The van der Waals surface area contributed by atoms with Gasteiger partial charge in [-0.25, -0.2) is 15.0 Å². The lowest BCUT2D eigenvalue weighted by atomic mass is 9.83. The monoisotopic (exact) mass is 259 g/mol. The first kappa shape index (κ1) is 13.6. The van der Waals surface area contributed by atoms with Gasteiger partial charge < -0.3 is 0 Å². The summed E-state index contributed by atoms with van der Waals surface area (Å²) in [6, 6.07) is 1.97. The SMILES string of the molecule is CC(=N)N(N=C(C)C)c1cc(C2CCC2)nc(C)n1.